The molecule has 0 spiro atoms. The second-order valence-electron chi connectivity index (χ2n) is 6.65. The Morgan fingerprint density at radius 1 is 1.29 bits per heavy atom. The molecule has 0 aliphatic carbocycles. The second kappa shape index (κ2) is 8.97. The number of benzene rings is 1. The summed E-state index contributed by atoms with van der Waals surface area (Å²) in [7, 11) is 0. The van der Waals surface area contributed by atoms with Gasteiger partial charge in [-0.05, 0) is 24.6 Å². The van der Waals surface area contributed by atoms with Gasteiger partial charge in [0.2, 0.25) is 5.79 Å². The zero-order valence-electron chi connectivity index (χ0n) is 15.5. The van der Waals surface area contributed by atoms with Crippen molar-refractivity contribution in [1.82, 2.24) is 4.73 Å². The summed E-state index contributed by atoms with van der Waals surface area (Å²) in [5.41, 5.74) is 12.8. The number of Topliss-reactive ketones (excluding diaryl/α,β-unsaturated/α-hetero) is 1. The molecular weight excluding hydrogens is 370 g/mol. The highest BCUT2D eigenvalue weighted by Gasteiger charge is 2.54. The molecule has 1 aromatic carbocycles. The highest BCUT2D eigenvalue weighted by Crippen LogP contribution is 2.27. The van der Waals surface area contributed by atoms with Crippen LogP contribution in [0.2, 0.25) is 0 Å². The van der Waals surface area contributed by atoms with Gasteiger partial charge >= 0.3 is 0 Å². The number of carbonyl (C=O) groups is 1. The van der Waals surface area contributed by atoms with E-state index in [-0.39, 0.29) is 0 Å². The molecule has 2 aromatic rings. The number of nitrogens with zero attached hydrogens (tertiary/aromatic N) is 1. The van der Waals surface area contributed by atoms with Crippen LogP contribution >= 0.6 is 0 Å². The van der Waals surface area contributed by atoms with Gasteiger partial charge in [-0.15, -0.1) is 0 Å². The summed E-state index contributed by atoms with van der Waals surface area (Å²) in [4.78, 5) is 11.1. The smallest absolute Gasteiger partial charge is 0.244 e. The summed E-state index contributed by atoms with van der Waals surface area (Å²) in [6.07, 6.45) is -1.70. The standard InChI is InChI=1S/C10H12N2O.C8H15NO6/c11-6-5-8-7-12(13)10-4-2-1-3-9(8)10;1-3(11)8(14)7(9)6(13)5(12)4(2-10)15-8/h1-4,7,13H,5-6,11H2;4-7,10,12-14H,2,9H2,1H3/t;4-,5-,6+,7-,8+/m.1/s1. The zero-order chi connectivity index (χ0) is 21.1. The Morgan fingerprint density at radius 2 is 1.93 bits per heavy atom. The number of carbonyl (C=O) groups excluding carboxylic acids is 1. The molecule has 0 saturated carbocycles. The maximum absolute atomic E-state index is 11.1. The molecule has 1 fully saturated rings. The largest absolute Gasteiger partial charge is 0.428 e. The minimum absolute atomic E-state index is 0.605. The molecule has 9 N–H and O–H groups in total. The molecule has 3 rings (SSSR count). The van der Waals surface area contributed by atoms with Gasteiger partial charge in [0.05, 0.1) is 18.2 Å². The zero-order valence-corrected chi connectivity index (χ0v) is 15.5. The van der Waals surface area contributed by atoms with Crippen molar-refractivity contribution >= 4 is 16.7 Å². The third-order valence-corrected chi connectivity index (χ3v) is 4.75. The minimum atomic E-state index is -2.37. The molecule has 1 saturated heterocycles. The number of fused-ring (bicyclic) bond motifs is 1. The Kier molecular flexibility index (Phi) is 7.12. The van der Waals surface area contributed by atoms with Gasteiger partial charge in [0.1, 0.15) is 18.3 Å². The van der Waals surface area contributed by atoms with Crippen LogP contribution in [0.5, 0.6) is 0 Å². The van der Waals surface area contributed by atoms with E-state index < -0.39 is 42.5 Å². The number of aliphatic hydroxyl groups is 4. The molecule has 2 heterocycles. The molecule has 10 nitrogen and oxygen atoms in total. The van der Waals surface area contributed by atoms with Gasteiger partial charge in [-0.1, -0.05) is 18.2 Å². The lowest BCUT2D eigenvalue weighted by Crippen LogP contribution is -2.70. The van der Waals surface area contributed by atoms with Crippen molar-refractivity contribution in [2.75, 3.05) is 13.2 Å². The summed E-state index contributed by atoms with van der Waals surface area (Å²) in [6.45, 7) is 1.01. The average Bonchev–Trinajstić information content (AvgIpc) is 3.00. The fourth-order valence-corrected chi connectivity index (χ4v) is 3.09. The van der Waals surface area contributed by atoms with Gasteiger partial charge in [0, 0.05) is 18.5 Å². The first-order valence-corrected chi connectivity index (χ1v) is 8.79. The Balaban J connectivity index is 0.000000202. The van der Waals surface area contributed by atoms with Crippen LogP contribution < -0.4 is 11.5 Å². The molecule has 0 amide bonds. The van der Waals surface area contributed by atoms with Crippen LogP contribution in [0.25, 0.3) is 10.9 Å². The number of aliphatic hydroxyl groups excluding tert-OH is 3. The Bertz CT molecular complexity index is 810. The van der Waals surface area contributed by atoms with Crippen molar-refractivity contribution in [2.45, 2.75) is 43.5 Å². The summed E-state index contributed by atoms with van der Waals surface area (Å²) in [5, 5.41) is 48.0. The van der Waals surface area contributed by atoms with Crippen molar-refractivity contribution in [3.8, 4) is 0 Å². The van der Waals surface area contributed by atoms with E-state index in [1.165, 1.54) is 0 Å². The van der Waals surface area contributed by atoms with Crippen molar-refractivity contribution in [2.24, 2.45) is 11.5 Å². The number of ether oxygens (including phenoxy) is 1. The molecule has 5 atom stereocenters. The highest BCUT2D eigenvalue weighted by atomic mass is 16.7. The Morgan fingerprint density at radius 3 is 2.50 bits per heavy atom. The lowest BCUT2D eigenvalue weighted by molar-refractivity contribution is -0.296. The predicted molar refractivity (Wildman–Crippen MR) is 99.5 cm³/mol. The fourth-order valence-electron chi connectivity index (χ4n) is 3.09. The first-order chi connectivity index (χ1) is 13.2. The van der Waals surface area contributed by atoms with Crippen molar-refractivity contribution < 1.29 is 35.2 Å². The third kappa shape index (κ3) is 4.18. The number of hydrogen-bond donors (Lipinski definition) is 7. The molecule has 1 aliphatic heterocycles. The van der Waals surface area contributed by atoms with Gasteiger partial charge in [0.25, 0.3) is 0 Å². The van der Waals surface area contributed by atoms with Gasteiger partial charge < -0.3 is 41.8 Å². The van der Waals surface area contributed by atoms with E-state index in [2.05, 4.69) is 0 Å². The maximum Gasteiger partial charge on any atom is 0.244 e. The van der Waals surface area contributed by atoms with Gasteiger partial charge in [-0.25, -0.2) is 0 Å². The van der Waals surface area contributed by atoms with E-state index in [1.807, 2.05) is 24.3 Å². The lowest BCUT2D eigenvalue weighted by Gasteiger charge is -2.44. The molecule has 1 aliphatic rings. The quantitative estimate of drug-likeness (QED) is 0.289. The summed E-state index contributed by atoms with van der Waals surface area (Å²) in [5.74, 6) is -3.16. The van der Waals surface area contributed by atoms with E-state index in [4.69, 9.17) is 21.3 Å². The Labute approximate surface area is 161 Å². The number of hydrogen-bond acceptors (Lipinski definition) is 9. The van der Waals surface area contributed by atoms with Crippen molar-refractivity contribution in [3.63, 3.8) is 0 Å². The third-order valence-electron chi connectivity index (χ3n) is 4.75. The topological polar surface area (TPSA) is 184 Å². The minimum Gasteiger partial charge on any atom is -0.428 e. The summed E-state index contributed by atoms with van der Waals surface area (Å²) < 4.78 is 5.95. The monoisotopic (exact) mass is 397 g/mol. The van der Waals surface area contributed by atoms with Crippen molar-refractivity contribution in [1.29, 1.82) is 0 Å². The number of para-hydroxylation sites is 1. The van der Waals surface area contributed by atoms with Crippen LogP contribution in [0.4, 0.5) is 0 Å². The van der Waals surface area contributed by atoms with E-state index in [0.29, 0.717) is 6.54 Å². The average molecular weight is 397 g/mol. The van der Waals surface area contributed by atoms with Crippen LogP contribution in [0.1, 0.15) is 12.5 Å². The van der Waals surface area contributed by atoms with Crippen LogP contribution in [0.3, 0.4) is 0 Å². The SMILES string of the molecule is CC(=O)[C@]1(O)O[C@H](CO)[C@@H](O)[C@H](O)[C@H]1N.NCCc1cn(O)c2ccccc12. The normalized spacial score (nSPS) is 30.0. The van der Waals surface area contributed by atoms with E-state index in [0.717, 1.165) is 34.5 Å². The molecule has 1 aromatic heterocycles. The van der Waals surface area contributed by atoms with Gasteiger partial charge in [0.15, 0.2) is 5.78 Å². The fraction of sp³-hybridized carbons (Fsp3) is 0.500. The van der Waals surface area contributed by atoms with Crippen LogP contribution in [0, 0.1) is 0 Å². The summed E-state index contributed by atoms with van der Waals surface area (Å²) in [6, 6.07) is 6.29. The first-order valence-electron chi connectivity index (χ1n) is 8.79. The molecule has 0 unspecified atom stereocenters. The van der Waals surface area contributed by atoms with Crippen LogP contribution in [-0.2, 0) is 16.0 Å². The van der Waals surface area contributed by atoms with E-state index >= 15 is 0 Å². The molecule has 156 valence electrons. The summed E-state index contributed by atoms with van der Waals surface area (Å²) >= 11 is 0. The highest BCUT2D eigenvalue weighted by molar-refractivity contribution is 5.84. The maximum atomic E-state index is 11.1. The molecular formula is C18H27N3O7. The predicted octanol–water partition coefficient (Wildman–Crippen LogP) is -1.92. The number of rotatable bonds is 4. The lowest BCUT2D eigenvalue weighted by atomic mass is 9.89. The second-order valence-corrected chi connectivity index (χ2v) is 6.65. The van der Waals surface area contributed by atoms with Gasteiger partial charge in [-0.2, -0.15) is 4.73 Å². The van der Waals surface area contributed by atoms with Crippen molar-refractivity contribution in [3.05, 3.63) is 36.0 Å². The van der Waals surface area contributed by atoms with Gasteiger partial charge in [-0.3, -0.25) is 4.79 Å². The Hall–Kier alpha value is -2.05. The molecule has 0 radical (unpaired) electrons. The van der Waals surface area contributed by atoms with E-state index in [9.17, 15) is 25.3 Å². The number of ketones is 1. The molecule has 10 heteroatoms. The number of aromatic nitrogens is 1. The first kappa shape index (κ1) is 22.2. The molecule has 28 heavy (non-hydrogen) atoms. The van der Waals surface area contributed by atoms with Crippen LogP contribution in [-0.4, -0.2) is 79.4 Å². The molecule has 0 bridgehead atoms. The number of nitrogens with two attached hydrogens (primary N) is 2. The van der Waals surface area contributed by atoms with Crippen LogP contribution in [0.15, 0.2) is 30.5 Å². The van der Waals surface area contributed by atoms with E-state index in [1.54, 1.807) is 6.20 Å².